The molecule has 28 heavy (non-hydrogen) atoms. The summed E-state index contributed by atoms with van der Waals surface area (Å²) in [5.41, 5.74) is 5.44. The number of benzene rings is 1. The quantitative estimate of drug-likeness (QED) is 0.675. The second-order valence-electron chi connectivity index (χ2n) is 8.45. The van der Waals surface area contributed by atoms with Crippen molar-refractivity contribution in [1.29, 1.82) is 0 Å². The summed E-state index contributed by atoms with van der Waals surface area (Å²) in [6.45, 7) is 8.03. The average molecular weight is 442 g/mol. The predicted molar refractivity (Wildman–Crippen MR) is 117 cm³/mol. The van der Waals surface area contributed by atoms with Crippen LogP contribution in [0.4, 0.5) is 11.4 Å². The van der Waals surface area contributed by atoms with Crippen LogP contribution in [0.25, 0.3) is 0 Å². The van der Waals surface area contributed by atoms with Crippen molar-refractivity contribution in [3.05, 3.63) is 46.5 Å². The molecule has 6 heteroatoms. The molecule has 2 saturated heterocycles. The molecule has 1 aromatic carbocycles. The molecule has 2 fully saturated rings. The van der Waals surface area contributed by atoms with E-state index in [0.717, 1.165) is 37.3 Å². The molecule has 2 atom stereocenters. The van der Waals surface area contributed by atoms with Gasteiger partial charge in [0, 0.05) is 44.0 Å². The fraction of sp³-hybridized carbons (Fsp3) is 0.545. The Hall–Kier alpha value is -1.66. The molecule has 3 aliphatic rings. The molecule has 0 aliphatic carbocycles. The Morgan fingerprint density at radius 2 is 1.82 bits per heavy atom. The zero-order chi connectivity index (χ0) is 19.1. The highest BCUT2D eigenvalue weighted by Gasteiger charge is 2.33. The lowest BCUT2D eigenvalue weighted by Crippen LogP contribution is -2.39. The van der Waals surface area contributed by atoms with Gasteiger partial charge in [0.05, 0.1) is 18.1 Å². The van der Waals surface area contributed by atoms with E-state index in [9.17, 15) is 0 Å². The number of hydrogen-bond acceptors (Lipinski definition) is 5. The highest BCUT2D eigenvalue weighted by Crippen LogP contribution is 2.31. The first-order valence-corrected chi connectivity index (χ1v) is 11.3. The lowest BCUT2D eigenvalue weighted by molar-refractivity contribution is 0.204. The lowest BCUT2D eigenvalue weighted by Gasteiger charge is -2.32. The van der Waals surface area contributed by atoms with Gasteiger partial charge in [-0.2, -0.15) is 0 Å². The third-order valence-corrected chi connectivity index (χ3v) is 7.19. The maximum Gasteiger partial charge on any atom is 0.196 e. The van der Waals surface area contributed by atoms with Crippen molar-refractivity contribution in [3.63, 3.8) is 0 Å². The van der Waals surface area contributed by atoms with Crippen LogP contribution in [-0.4, -0.2) is 53.1 Å². The van der Waals surface area contributed by atoms with Crippen molar-refractivity contribution in [2.24, 2.45) is 0 Å². The molecule has 3 aliphatic heterocycles. The fourth-order valence-corrected chi connectivity index (χ4v) is 5.37. The van der Waals surface area contributed by atoms with Crippen LogP contribution in [0.15, 0.2) is 35.3 Å². The fourth-order valence-electron chi connectivity index (χ4n) is 5.17. The van der Waals surface area contributed by atoms with Gasteiger partial charge in [0.1, 0.15) is 0 Å². The third kappa shape index (κ3) is 3.52. The number of halogens is 1. The summed E-state index contributed by atoms with van der Waals surface area (Å²) >= 11 is 3.32. The molecule has 4 heterocycles. The monoisotopic (exact) mass is 441 g/mol. The summed E-state index contributed by atoms with van der Waals surface area (Å²) in [7, 11) is 0. The van der Waals surface area contributed by atoms with Crippen LogP contribution in [0.3, 0.4) is 0 Å². The van der Waals surface area contributed by atoms with Crippen LogP contribution in [0.5, 0.6) is 0 Å². The summed E-state index contributed by atoms with van der Waals surface area (Å²) in [6.07, 6.45) is 8.93. The van der Waals surface area contributed by atoms with E-state index in [4.69, 9.17) is 0 Å². The van der Waals surface area contributed by atoms with Gasteiger partial charge in [-0.3, -0.25) is 4.90 Å². The smallest absolute Gasteiger partial charge is 0.196 e. The zero-order valence-corrected chi connectivity index (χ0v) is 18.1. The van der Waals surface area contributed by atoms with Gasteiger partial charge in [0.15, 0.2) is 4.73 Å². The Bertz CT molecular complexity index is 839. The molecule has 5 rings (SSSR count). The summed E-state index contributed by atoms with van der Waals surface area (Å²) in [6, 6.07) is 8.61. The molecule has 0 spiro atoms. The first-order chi connectivity index (χ1) is 13.7. The SMILES string of the molecule is CC1CCCN1C1CCN(c2ccc3c(c2)CCN(c2cnc(Br)nc2)C3)C1. The Labute approximate surface area is 175 Å². The molecule has 0 bridgehead atoms. The Kier molecular flexibility index (Phi) is 5.01. The number of hydrogen-bond donors (Lipinski definition) is 0. The van der Waals surface area contributed by atoms with Gasteiger partial charge in [0.25, 0.3) is 0 Å². The highest BCUT2D eigenvalue weighted by atomic mass is 79.9. The lowest BCUT2D eigenvalue weighted by atomic mass is 9.98. The third-order valence-electron chi connectivity index (χ3n) is 6.78. The van der Waals surface area contributed by atoms with Crippen LogP contribution < -0.4 is 9.80 Å². The predicted octanol–water partition coefficient (Wildman–Crippen LogP) is 3.86. The summed E-state index contributed by atoms with van der Waals surface area (Å²) in [5, 5.41) is 0. The van der Waals surface area contributed by atoms with Gasteiger partial charge in [-0.15, -0.1) is 0 Å². The number of likely N-dealkylation sites (tertiary alicyclic amines) is 1. The van der Waals surface area contributed by atoms with E-state index in [1.807, 2.05) is 12.4 Å². The normalized spacial score (nSPS) is 25.4. The number of rotatable bonds is 3. The van der Waals surface area contributed by atoms with Gasteiger partial charge in [-0.05, 0) is 78.3 Å². The largest absolute Gasteiger partial charge is 0.370 e. The van der Waals surface area contributed by atoms with Crippen molar-refractivity contribution in [3.8, 4) is 0 Å². The molecular formula is C22H28BrN5. The second-order valence-corrected chi connectivity index (χ2v) is 9.16. The van der Waals surface area contributed by atoms with E-state index in [-0.39, 0.29) is 0 Å². The Morgan fingerprint density at radius 1 is 0.964 bits per heavy atom. The Balaban J connectivity index is 1.28. The number of aromatic nitrogens is 2. The van der Waals surface area contributed by atoms with E-state index in [2.05, 4.69) is 65.7 Å². The van der Waals surface area contributed by atoms with Crippen LogP contribution in [0.1, 0.15) is 37.3 Å². The van der Waals surface area contributed by atoms with Gasteiger partial charge < -0.3 is 9.80 Å². The molecule has 0 saturated carbocycles. The average Bonchev–Trinajstić information content (AvgIpc) is 3.36. The van der Waals surface area contributed by atoms with Gasteiger partial charge in [0.2, 0.25) is 0 Å². The molecule has 5 nitrogen and oxygen atoms in total. The second kappa shape index (κ2) is 7.64. The molecule has 0 N–H and O–H groups in total. The van der Waals surface area contributed by atoms with Crippen LogP contribution >= 0.6 is 15.9 Å². The number of nitrogens with zero attached hydrogens (tertiary/aromatic N) is 5. The molecule has 2 unspecified atom stereocenters. The van der Waals surface area contributed by atoms with Gasteiger partial charge in [-0.25, -0.2) is 9.97 Å². The van der Waals surface area contributed by atoms with Crippen LogP contribution in [0.2, 0.25) is 0 Å². The minimum Gasteiger partial charge on any atom is -0.370 e. The van der Waals surface area contributed by atoms with Crippen molar-refractivity contribution in [2.75, 3.05) is 36.0 Å². The first-order valence-electron chi connectivity index (χ1n) is 10.5. The van der Waals surface area contributed by atoms with Crippen molar-refractivity contribution in [2.45, 2.75) is 51.2 Å². The van der Waals surface area contributed by atoms with E-state index in [0.29, 0.717) is 4.73 Å². The molecular weight excluding hydrogens is 414 g/mol. The molecule has 0 amide bonds. The van der Waals surface area contributed by atoms with Crippen LogP contribution in [0, 0.1) is 0 Å². The molecule has 148 valence electrons. The first kappa shape index (κ1) is 18.4. The van der Waals surface area contributed by atoms with E-state index in [1.54, 1.807) is 0 Å². The summed E-state index contributed by atoms with van der Waals surface area (Å²) in [5.74, 6) is 0. The Morgan fingerprint density at radius 3 is 2.61 bits per heavy atom. The van der Waals surface area contributed by atoms with Crippen molar-refractivity contribution >= 4 is 27.3 Å². The molecule has 0 radical (unpaired) electrons. The summed E-state index contributed by atoms with van der Waals surface area (Å²) < 4.78 is 0.644. The van der Waals surface area contributed by atoms with E-state index in [1.165, 1.54) is 55.7 Å². The maximum atomic E-state index is 4.27. The summed E-state index contributed by atoms with van der Waals surface area (Å²) in [4.78, 5) is 16.3. The number of fused-ring (bicyclic) bond motifs is 1. The molecule has 2 aromatic rings. The van der Waals surface area contributed by atoms with Crippen molar-refractivity contribution in [1.82, 2.24) is 14.9 Å². The van der Waals surface area contributed by atoms with Crippen molar-refractivity contribution < 1.29 is 0 Å². The molecule has 1 aromatic heterocycles. The standard InChI is InChI=1S/C22H28BrN5/c1-16-3-2-8-28(16)20-7-10-27(15-20)19-5-4-18-14-26(9-6-17(18)11-19)21-12-24-22(23)25-13-21/h4-5,11-13,16,20H,2-3,6-10,14-15H2,1H3. The topological polar surface area (TPSA) is 35.5 Å². The highest BCUT2D eigenvalue weighted by molar-refractivity contribution is 9.10. The van der Waals surface area contributed by atoms with Gasteiger partial charge in [-0.1, -0.05) is 6.07 Å². The number of anilines is 2. The maximum absolute atomic E-state index is 4.27. The van der Waals surface area contributed by atoms with E-state index >= 15 is 0 Å². The minimum absolute atomic E-state index is 0.644. The zero-order valence-electron chi connectivity index (χ0n) is 16.5. The van der Waals surface area contributed by atoms with E-state index < -0.39 is 0 Å². The van der Waals surface area contributed by atoms with Crippen LogP contribution in [-0.2, 0) is 13.0 Å². The minimum atomic E-state index is 0.644. The van der Waals surface area contributed by atoms with Gasteiger partial charge >= 0.3 is 0 Å².